The summed E-state index contributed by atoms with van der Waals surface area (Å²) in [5.74, 6) is 2.22. The van der Waals surface area contributed by atoms with Gasteiger partial charge in [-0.2, -0.15) is 0 Å². The van der Waals surface area contributed by atoms with Gasteiger partial charge in [-0.05, 0) is 123 Å². The maximum atomic E-state index is 8.94. The number of rotatable bonds is 14. The minimum atomic E-state index is 0.531. The summed E-state index contributed by atoms with van der Waals surface area (Å²) in [4.78, 5) is 9.18. The van der Waals surface area contributed by atoms with Crippen LogP contribution in [0, 0.1) is 0 Å². The molecule has 0 fully saturated rings. The molecular weight excluding hydrogens is 496 g/mol. The Labute approximate surface area is 242 Å². The Hall–Kier alpha value is -3.22. The number of hydrogen-bond donors (Lipinski definition) is 0. The Morgan fingerprint density at radius 3 is 2.08 bits per heavy atom. The van der Waals surface area contributed by atoms with Gasteiger partial charge in [0.25, 0.3) is 5.75 Å². The molecule has 2 aromatic carbocycles. The van der Waals surface area contributed by atoms with Crippen molar-refractivity contribution in [2.75, 3.05) is 76.8 Å². The molecule has 218 valence electrons. The average molecular weight is 548 g/mol. The Kier molecular flexibility index (Phi) is 11.7. The van der Waals surface area contributed by atoms with Gasteiger partial charge in [0.1, 0.15) is 11.5 Å². The molecule has 0 spiro atoms. The summed E-state index contributed by atoms with van der Waals surface area (Å²) in [6.07, 6.45) is 7.57. The van der Waals surface area contributed by atoms with Gasteiger partial charge in [-0.15, -0.1) is 0 Å². The zero-order valence-electron chi connectivity index (χ0n) is 26.1. The molecule has 0 aromatic heterocycles. The number of benzene rings is 2. The van der Waals surface area contributed by atoms with Crippen molar-refractivity contribution in [2.45, 2.75) is 41.0 Å². The number of anilines is 2. The lowest BCUT2D eigenvalue weighted by Crippen LogP contribution is -2.24. The van der Waals surface area contributed by atoms with E-state index in [1.54, 1.807) is 0 Å². The molecule has 2 N–H and O–H groups in total. The van der Waals surface area contributed by atoms with Gasteiger partial charge in [-0.25, -0.2) is 0 Å². The Morgan fingerprint density at radius 1 is 0.850 bits per heavy atom. The van der Waals surface area contributed by atoms with E-state index < -0.39 is 0 Å². The van der Waals surface area contributed by atoms with Gasteiger partial charge in [0, 0.05) is 55.7 Å². The standard InChI is InChI=1S/C34H50N4O2/c1-9-37(10-2)28-15-17-32(33(39)24-28)27(18-21-36(8)20-13-19-35(6)7)23-30-22-26(5)31-16-14-29(25-34(31)40-30)38(11-3)12-4/h14-18,22-25,39H,9-13,19-21H2,1-8H3/p+1/b27-18-,30-23-. The number of allylic oxidation sites excluding steroid dienone is 4. The molecule has 0 radical (unpaired) electrons. The van der Waals surface area contributed by atoms with Crippen LogP contribution in [0.4, 0.5) is 11.4 Å². The number of nitrogens with zero attached hydrogens (tertiary/aromatic N) is 4. The molecule has 2 aromatic rings. The molecule has 0 bridgehead atoms. The molecule has 0 atom stereocenters. The number of ether oxygens (including phenoxy) is 1. The Balaban J connectivity index is 1.97. The smallest absolute Gasteiger partial charge is 0.263 e. The number of hydrogen-bond acceptors (Lipinski definition) is 5. The van der Waals surface area contributed by atoms with E-state index >= 15 is 0 Å². The van der Waals surface area contributed by atoms with Crippen LogP contribution in [0.1, 0.15) is 52.2 Å². The highest BCUT2D eigenvalue weighted by Gasteiger charge is 2.19. The third-order valence-electron chi connectivity index (χ3n) is 7.61. The zero-order chi connectivity index (χ0) is 29.2. The third kappa shape index (κ3) is 8.15. The van der Waals surface area contributed by atoms with E-state index in [0.717, 1.165) is 86.1 Å². The molecule has 0 saturated heterocycles. The van der Waals surface area contributed by atoms with Crippen molar-refractivity contribution in [3.8, 4) is 11.5 Å². The largest absolute Gasteiger partial charge is 0.593 e. The predicted molar refractivity (Wildman–Crippen MR) is 174 cm³/mol. The van der Waals surface area contributed by atoms with Crippen molar-refractivity contribution >= 4 is 22.5 Å². The van der Waals surface area contributed by atoms with E-state index in [4.69, 9.17) is 9.84 Å². The van der Waals surface area contributed by atoms with E-state index in [0.29, 0.717) is 5.75 Å². The highest BCUT2D eigenvalue weighted by molar-refractivity contribution is 5.82. The Bertz CT molecular complexity index is 1210. The summed E-state index contributed by atoms with van der Waals surface area (Å²) >= 11 is 0. The first-order chi connectivity index (χ1) is 19.2. The van der Waals surface area contributed by atoms with Crippen LogP contribution in [-0.4, -0.2) is 81.9 Å². The first-order valence-electron chi connectivity index (χ1n) is 14.8. The fraction of sp³-hybridized carbons (Fsp3) is 0.471. The molecular formula is C34H51N4O2+. The van der Waals surface area contributed by atoms with Crippen molar-refractivity contribution in [2.24, 2.45) is 0 Å². The van der Waals surface area contributed by atoms with Gasteiger partial charge in [-0.3, -0.25) is 0 Å². The maximum absolute atomic E-state index is 8.94. The van der Waals surface area contributed by atoms with Crippen molar-refractivity contribution < 1.29 is 9.84 Å². The van der Waals surface area contributed by atoms with Crippen molar-refractivity contribution in [3.05, 3.63) is 71.5 Å². The lowest BCUT2D eigenvalue weighted by molar-refractivity contribution is 0.322. The van der Waals surface area contributed by atoms with Crippen LogP contribution in [0.25, 0.3) is 11.1 Å². The second kappa shape index (κ2) is 15.0. The monoisotopic (exact) mass is 547 g/mol. The van der Waals surface area contributed by atoms with Gasteiger partial charge < -0.3 is 29.4 Å². The van der Waals surface area contributed by atoms with Crippen LogP contribution in [0.15, 0.2) is 60.4 Å². The van der Waals surface area contributed by atoms with Crippen LogP contribution >= 0.6 is 0 Å². The van der Waals surface area contributed by atoms with Gasteiger partial charge >= 0.3 is 0 Å². The van der Waals surface area contributed by atoms with Gasteiger partial charge in [0.05, 0.1) is 11.6 Å². The van der Waals surface area contributed by atoms with Crippen LogP contribution in [-0.2, 0) is 0 Å². The highest BCUT2D eigenvalue weighted by atomic mass is 16.5. The van der Waals surface area contributed by atoms with Crippen molar-refractivity contribution in [1.82, 2.24) is 9.80 Å². The predicted octanol–water partition coefficient (Wildman–Crippen LogP) is 6.46. The SMILES string of the molecule is CCN(CC)c1ccc(C(/C=C2/C=C(C)c3ccc(N(CC)CC)cc3O2)=C\CN(C)CCCN(C)C)c([OH2+])c1. The van der Waals surface area contributed by atoms with Crippen LogP contribution in [0.3, 0.4) is 0 Å². The van der Waals surface area contributed by atoms with E-state index in [9.17, 15) is 0 Å². The summed E-state index contributed by atoms with van der Waals surface area (Å²) in [5, 5.41) is 8.94. The minimum Gasteiger partial charge on any atom is -0.593 e. The van der Waals surface area contributed by atoms with Crippen LogP contribution < -0.4 is 14.5 Å². The lowest BCUT2D eigenvalue weighted by atomic mass is 9.99. The molecule has 0 unspecified atom stereocenters. The van der Waals surface area contributed by atoms with E-state index in [1.165, 1.54) is 11.3 Å². The number of fused-ring (bicyclic) bond motifs is 1. The first-order valence-corrected chi connectivity index (χ1v) is 14.8. The quantitative estimate of drug-likeness (QED) is 0.254. The highest BCUT2D eigenvalue weighted by Crippen LogP contribution is 2.38. The average Bonchev–Trinajstić information content (AvgIpc) is 2.92. The molecule has 40 heavy (non-hydrogen) atoms. The minimum absolute atomic E-state index is 0.531. The second-order valence-electron chi connectivity index (χ2n) is 10.8. The van der Waals surface area contributed by atoms with Crippen LogP contribution in [0.5, 0.6) is 11.5 Å². The van der Waals surface area contributed by atoms with E-state index in [2.05, 4.69) is 124 Å². The second-order valence-corrected chi connectivity index (χ2v) is 10.8. The van der Waals surface area contributed by atoms with Crippen molar-refractivity contribution in [1.29, 1.82) is 0 Å². The molecule has 3 rings (SSSR count). The van der Waals surface area contributed by atoms with Gasteiger partial charge in [-0.1, -0.05) is 6.08 Å². The third-order valence-corrected chi connectivity index (χ3v) is 7.61. The Morgan fingerprint density at radius 2 is 1.48 bits per heavy atom. The summed E-state index contributed by atoms with van der Waals surface area (Å²) in [7, 11) is 6.39. The van der Waals surface area contributed by atoms with Gasteiger partial charge in [0.15, 0.2) is 0 Å². The molecule has 0 amide bonds. The molecule has 1 aliphatic rings. The topological polar surface area (TPSA) is 45.1 Å². The number of likely N-dealkylation sites (N-methyl/N-ethyl adjacent to an activating group) is 1. The van der Waals surface area contributed by atoms with E-state index in [1.807, 2.05) is 6.07 Å². The summed E-state index contributed by atoms with van der Waals surface area (Å²) in [5.41, 5.74) is 6.51. The molecule has 0 saturated carbocycles. The molecule has 1 heterocycles. The normalized spacial score (nSPS) is 14.4. The first kappa shape index (κ1) is 31.3. The molecule has 6 heteroatoms. The fourth-order valence-corrected chi connectivity index (χ4v) is 5.20. The fourth-order valence-electron chi connectivity index (χ4n) is 5.20. The molecule has 6 nitrogen and oxygen atoms in total. The zero-order valence-corrected chi connectivity index (χ0v) is 26.1. The molecule has 0 aliphatic carbocycles. The van der Waals surface area contributed by atoms with E-state index in [-0.39, 0.29) is 0 Å². The lowest BCUT2D eigenvalue weighted by Gasteiger charge is -2.25. The van der Waals surface area contributed by atoms with Crippen LogP contribution in [0.2, 0.25) is 0 Å². The maximum Gasteiger partial charge on any atom is 0.263 e. The molecule has 1 aliphatic heterocycles. The van der Waals surface area contributed by atoms with Crippen molar-refractivity contribution in [3.63, 3.8) is 0 Å². The summed E-state index contributed by atoms with van der Waals surface area (Å²) in [6.45, 7) is 17.5. The van der Waals surface area contributed by atoms with Gasteiger partial charge in [0.2, 0.25) is 0 Å². The summed E-state index contributed by atoms with van der Waals surface area (Å²) in [6, 6.07) is 12.7. The summed E-state index contributed by atoms with van der Waals surface area (Å²) < 4.78 is 6.50.